The minimum absolute atomic E-state index is 0.135. The number of halogens is 1. The van der Waals surface area contributed by atoms with Gasteiger partial charge < -0.3 is 5.73 Å². The lowest BCUT2D eigenvalue weighted by Gasteiger charge is -2.29. The number of carbonyl (C=O) groups excluding carboxylic acids is 1. The van der Waals surface area contributed by atoms with Crippen molar-refractivity contribution < 1.29 is 13.2 Å². The smallest absolute Gasteiger partial charge is 0.240 e. The lowest BCUT2D eigenvalue weighted by molar-refractivity contribution is -0.123. The van der Waals surface area contributed by atoms with Gasteiger partial charge in [-0.25, -0.2) is 13.1 Å². The molecule has 1 aliphatic rings. The number of primary amides is 1. The van der Waals surface area contributed by atoms with Crippen LogP contribution in [0.3, 0.4) is 0 Å². The van der Waals surface area contributed by atoms with Gasteiger partial charge in [-0.2, -0.15) is 0 Å². The Kier molecular flexibility index (Phi) is 4.67. The van der Waals surface area contributed by atoms with E-state index in [4.69, 9.17) is 17.3 Å². The van der Waals surface area contributed by atoms with Gasteiger partial charge in [0.25, 0.3) is 0 Å². The first-order valence-corrected chi connectivity index (χ1v) is 8.33. The van der Waals surface area contributed by atoms with Gasteiger partial charge in [-0.3, -0.25) is 4.79 Å². The van der Waals surface area contributed by atoms with Crippen LogP contribution >= 0.6 is 11.6 Å². The van der Waals surface area contributed by atoms with Gasteiger partial charge in [-0.05, 0) is 37.1 Å². The van der Waals surface area contributed by atoms with E-state index in [1.165, 1.54) is 24.3 Å². The summed E-state index contributed by atoms with van der Waals surface area (Å²) in [6, 6.07) is 5.48. The fourth-order valence-corrected chi connectivity index (χ4v) is 3.93. The number of amides is 1. The molecule has 0 aliphatic heterocycles. The van der Waals surface area contributed by atoms with Crippen LogP contribution in [0.25, 0.3) is 0 Å². The Labute approximate surface area is 123 Å². The highest BCUT2D eigenvalue weighted by molar-refractivity contribution is 7.89. The molecular weight excluding hydrogens is 300 g/mol. The second-order valence-corrected chi connectivity index (χ2v) is 7.13. The quantitative estimate of drug-likeness (QED) is 0.885. The van der Waals surface area contributed by atoms with Crippen LogP contribution in [0.4, 0.5) is 0 Å². The number of nitrogens with one attached hydrogen (secondary N) is 1. The third-order valence-electron chi connectivity index (χ3n) is 3.56. The summed E-state index contributed by atoms with van der Waals surface area (Å²) >= 11 is 5.74. The van der Waals surface area contributed by atoms with Gasteiger partial charge in [0, 0.05) is 11.1 Å². The van der Waals surface area contributed by atoms with Crippen molar-refractivity contribution in [1.82, 2.24) is 4.72 Å². The minimum Gasteiger partial charge on any atom is -0.369 e. The summed E-state index contributed by atoms with van der Waals surface area (Å²) in [7, 11) is -3.66. The molecule has 0 radical (unpaired) electrons. The molecule has 0 bridgehead atoms. The van der Waals surface area contributed by atoms with Gasteiger partial charge >= 0.3 is 0 Å². The van der Waals surface area contributed by atoms with Gasteiger partial charge in [0.1, 0.15) is 0 Å². The first-order chi connectivity index (χ1) is 9.40. The second-order valence-electron chi connectivity index (χ2n) is 4.98. The third kappa shape index (κ3) is 3.50. The minimum atomic E-state index is -3.66. The molecule has 1 fully saturated rings. The highest BCUT2D eigenvalue weighted by Gasteiger charge is 2.32. The summed E-state index contributed by atoms with van der Waals surface area (Å²) < 4.78 is 27.1. The van der Waals surface area contributed by atoms with Crippen molar-refractivity contribution >= 4 is 27.5 Å². The van der Waals surface area contributed by atoms with E-state index < -0.39 is 27.9 Å². The molecule has 7 heteroatoms. The van der Waals surface area contributed by atoms with Gasteiger partial charge in [0.15, 0.2) is 0 Å². The SMILES string of the molecule is NC(=O)[C@H]1CCCC[C@@H]1NS(=O)(=O)c1ccc(Cl)cc1. The van der Waals surface area contributed by atoms with Crippen LogP contribution < -0.4 is 10.5 Å². The molecule has 110 valence electrons. The topological polar surface area (TPSA) is 89.3 Å². The molecule has 0 saturated heterocycles. The number of rotatable bonds is 4. The van der Waals surface area contributed by atoms with Crippen molar-refractivity contribution in [2.75, 3.05) is 0 Å². The zero-order valence-corrected chi connectivity index (χ0v) is 12.5. The number of benzene rings is 1. The molecule has 0 unspecified atom stereocenters. The van der Waals surface area contributed by atoms with Crippen LogP contribution in [-0.4, -0.2) is 20.4 Å². The lowest BCUT2D eigenvalue weighted by atomic mass is 9.85. The molecule has 0 aromatic heterocycles. The molecule has 1 aromatic carbocycles. The van der Waals surface area contributed by atoms with E-state index in [2.05, 4.69) is 4.72 Å². The molecule has 0 spiro atoms. The molecule has 20 heavy (non-hydrogen) atoms. The summed E-state index contributed by atoms with van der Waals surface area (Å²) in [5, 5.41) is 0.469. The summed E-state index contributed by atoms with van der Waals surface area (Å²) in [5.74, 6) is -0.890. The van der Waals surface area contributed by atoms with Gasteiger partial charge in [0.2, 0.25) is 15.9 Å². The van der Waals surface area contributed by atoms with Crippen LogP contribution in [-0.2, 0) is 14.8 Å². The van der Waals surface area contributed by atoms with Crippen LogP contribution in [0.5, 0.6) is 0 Å². The Morgan fingerprint density at radius 1 is 1.20 bits per heavy atom. The monoisotopic (exact) mass is 316 g/mol. The maximum Gasteiger partial charge on any atom is 0.240 e. The second kappa shape index (κ2) is 6.11. The number of carbonyl (C=O) groups is 1. The fraction of sp³-hybridized carbons (Fsp3) is 0.462. The Balaban J connectivity index is 2.18. The molecule has 1 aliphatic carbocycles. The van der Waals surface area contributed by atoms with Gasteiger partial charge in [-0.15, -0.1) is 0 Å². The normalized spacial score (nSPS) is 23.4. The van der Waals surface area contributed by atoms with Crippen molar-refractivity contribution in [3.05, 3.63) is 29.3 Å². The Hall–Kier alpha value is -1.11. The molecule has 1 amide bonds. The number of nitrogens with two attached hydrogens (primary N) is 1. The van der Waals surface area contributed by atoms with E-state index in [0.717, 1.165) is 12.8 Å². The van der Waals surface area contributed by atoms with Gasteiger partial charge in [-0.1, -0.05) is 24.4 Å². The van der Waals surface area contributed by atoms with Crippen molar-refractivity contribution in [3.63, 3.8) is 0 Å². The summed E-state index contributed by atoms with van der Waals surface area (Å²) in [6.07, 6.45) is 3.04. The summed E-state index contributed by atoms with van der Waals surface area (Å²) in [6.45, 7) is 0. The molecule has 0 heterocycles. The van der Waals surface area contributed by atoms with Crippen LogP contribution in [0, 0.1) is 5.92 Å². The average Bonchev–Trinajstić information content (AvgIpc) is 2.39. The van der Waals surface area contributed by atoms with E-state index in [-0.39, 0.29) is 4.90 Å². The molecule has 5 nitrogen and oxygen atoms in total. The molecule has 1 saturated carbocycles. The van der Waals surface area contributed by atoms with Crippen LogP contribution in [0.1, 0.15) is 25.7 Å². The Bertz CT molecular complexity index is 586. The van der Waals surface area contributed by atoms with E-state index in [1.54, 1.807) is 0 Å². The molecule has 2 rings (SSSR count). The zero-order chi connectivity index (χ0) is 14.8. The highest BCUT2D eigenvalue weighted by Crippen LogP contribution is 2.26. The van der Waals surface area contributed by atoms with Crippen molar-refractivity contribution in [1.29, 1.82) is 0 Å². The van der Waals surface area contributed by atoms with Crippen molar-refractivity contribution in [2.24, 2.45) is 11.7 Å². The summed E-state index contributed by atoms with van der Waals surface area (Å²) in [4.78, 5) is 11.5. The van der Waals surface area contributed by atoms with E-state index in [0.29, 0.717) is 17.9 Å². The maximum absolute atomic E-state index is 12.3. The molecule has 1 aromatic rings. The largest absolute Gasteiger partial charge is 0.369 e. The summed E-state index contributed by atoms with van der Waals surface area (Å²) in [5.41, 5.74) is 5.34. The number of hydrogen-bond acceptors (Lipinski definition) is 3. The first kappa shape index (κ1) is 15.3. The zero-order valence-electron chi connectivity index (χ0n) is 10.9. The molecular formula is C13H17ClN2O3S. The fourth-order valence-electron chi connectivity index (χ4n) is 2.49. The van der Waals surface area contributed by atoms with Gasteiger partial charge in [0.05, 0.1) is 10.8 Å². The first-order valence-electron chi connectivity index (χ1n) is 6.47. The van der Waals surface area contributed by atoms with Crippen LogP contribution in [0.15, 0.2) is 29.2 Å². The van der Waals surface area contributed by atoms with E-state index >= 15 is 0 Å². The molecule has 3 N–H and O–H groups in total. The number of hydrogen-bond donors (Lipinski definition) is 2. The molecule has 2 atom stereocenters. The lowest BCUT2D eigenvalue weighted by Crippen LogP contribution is -2.46. The third-order valence-corrected chi connectivity index (χ3v) is 5.32. The predicted molar refractivity (Wildman–Crippen MR) is 76.7 cm³/mol. The predicted octanol–water partition coefficient (Wildman–Crippen LogP) is 1.66. The van der Waals surface area contributed by atoms with Crippen LogP contribution in [0.2, 0.25) is 5.02 Å². The maximum atomic E-state index is 12.3. The average molecular weight is 317 g/mol. The van der Waals surface area contributed by atoms with E-state index in [1.807, 2.05) is 0 Å². The number of sulfonamides is 1. The van der Waals surface area contributed by atoms with E-state index in [9.17, 15) is 13.2 Å². The highest BCUT2D eigenvalue weighted by atomic mass is 35.5. The van der Waals surface area contributed by atoms with Crippen molar-refractivity contribution in [2.45, 2.75) is 36.6 Å². The Morgan fingerprint density at radius 2 is 1.80 bits per heavy atom. The Morgan fingerprint density at radius 3 is 2.40 bits per heavy atom. The van der Waals surface area contributed by atoms with Crippen molar-refractivity contribution in [3.8, 4) is 0 Å². The standard InChI is InChI=1S/C13H17ClN2O3S/c14-9-5-7-10(8-6-9)20(18,19)16-12-4-2-1-3-11(12)13(15)17/h5-8,11-12,16H,1-4H2,(H2,15,17)/t11-,12-/m0/s1.